The highest BCUT2D eigenvalue weighted by Gasteiger charge is 2.12. The molecule has 144 valence electrons. The highest BCUT2D eigenvalue weighted by Crippen LogP contribution is 2.29. The summed E-state index contributed by atoms with van der Waals surface area (Å²) in [6.07, 6.45) is 0. The Morgan fingerprint density at radius 1 is 1.11 bits per heavy atom. The third-order valence-electron chi connectivity index (χ3n) is 3.66. The Labute approximate surface area is 176 Å². The molecule has 28 heavy (non-hydrogen) atoms. The van der Waals surface area contributed by atoms with Gasteiger partial charge in [-0.1, -0.05) is 17.7 Å². The van der Waals surface area contributed by atoms with Crippen molar-refractivity contribution >= 4 is 57.9 Å². The second-order valence-corrected chi connectivity index (χ2v) is 8.07. The molecular weight excluding hydrogens is 416 g/mol. The summed E-state index contributed by atoms with van der Waals surface area (Å²) in [6.45, 7) is 0. The van der Waals surface area contributed by atoms with Gasteiger partial charge in [-0.05, 0) is 47.8 Å². The summed E-state index contributed by atoms with van der Waals surface area (Å²) in [6, 6.07) is 16.0. The Kier molecular flexibility index (Phi) is 6.97. The fourth-order valence-corrected chi connectivity index (χ4v) is 3.78. The highest BCUT2D eigenvalue weighted by atomic mass is 35.5. The molecule has 2 amide bonds. The Hall–Kier alpha value is -2.48. The lowest BCUT2D eigenvalue weighted by Crippen LogP contribution is -2.15. The molecule has 0 aliphatic rings. The second-order valence-electron chi connectivity index (χ2n) is 5.64. The van der Waals surface area contributed by atoms with Crippen LogP contribution in [0.2, 0.25) is 5.02 Å². The molecule has 0 saturated heterocycles. The van der Waals surface area contributed by atoms with Crippen LogP contribution in [-0.2, 0) is 4.79 Å². The van der Waals surface area contributed by atoms with Crippen molar-refractivity contribution in [3.8, 4) is 5.75 Å². The summed E-state index contributed by atoms with van der Waals surface area (Å²) >= 11 is 8.64. The first kappa shape index (κ1) is 20.3. The smallest absolute Gasteiger partial charge is 0.265 e. The number of anilines is 2. The molecule has 0 aliphatic heterocycles. The fraction of sp³-hybridized carbons (Fsp3) is 0.100. The molecule has 0 aliphatic carbocycles. The minimum absolute atomic E-state index is 0.141. The summed E-state index contributed by atoms with van der Waals surface area (Å²) < 4.78 is 5.35. The van der Waals surface area contributed by atoms with E-state index in [9.17, 15) is 9.59 Å². The number of nitrogens with one attached hydrogen (secondary N) is 2. The lowest BCUT2D eigenvalue weighted by molar-refractivity contribution is -0.113. The molecule has 0 fully saturated rings. The van der Waals surface area contributed by atoms with E-state index in [1.54, 1.807) is 36.4 Å². The number of thiophene rings is 1. The Bertz CT molecular complexity index is 960. The van der Waals surface area contributed by atoms with E-state index in [2.05, 4.69) is 10.6 Å². The molecule has 3 aromatic rings. The highest BCUT2D eigenvalue weighted by molar-refractivity contribution is 8.00. The summed E-state index contributed by atoms with van der Waals surface area (Å²) in [5.41, 5.74) is 1.13. The topological polar surface area (TPSA) is 67.4 Å². The molecule has 2 aromatic carbocycles. The zero-order valence-electron chi connectivity index (χ0n) is 14.9. The number of halogens is 1. The Morgan fingerprint density at radius 2 is 1.89 bits per heavy atom. The molecule has 5 nitrogen and oxygen atoms in total. The quantitative estimate of drug-likeness (QED) is 0.491. The van der Waals surface area contributed by atoms with Gasteiger partial charge in [-0.2, -0.15) is 0 Å². The zero-order chi connectivity index (χ0) is 19.9. The van der Waals surface area contributed by atoms with Crippen molar-refractivity contribution in [2.24, 2.45) is 0 Å². The van der Waals surface area contributed by atoms with Crippen molar-refractivity contribution < 1.29 is 14.3 Å². The third-order valence-corrected chi connectivity index (χ3v) is 5.79. The van der Waals surface area contributed by atoms with Crippen LogP contribution >= 0.6 is 34.7 Å². The van der Waals surface area contributed by atoms with Gasteiger partial charge in [-0.15, -0.1) is 23.1 Å². The van der Waals surface area contributed by atoms with Crippen LogP contribution < -0.4 is 15.4 Å². The molecule has 8 heteroatoms. The second kappa shape index (κ2) is 9.64. The van der Waals surface area contributed by atoms with Crippen LogP contribution in [0, 0.1) is 0 Å². The van der Waals surface area contributed by atoms with Crippen LogP contribution in [0.1, 0.15) is 9.67 Å². The average Bonchev–Trinajstić information content (AvgIpc) is 3.23. The largest absolute Gasteiger partial charge is 0.494 e. The van der Waals surface area contributed by atoms with Crippen LogP contribution in [-0.4, -0.2) is 24.7 Å². The number of thioether (sulfide) groups is 1. The Morgan fingerprint density at radius 3 is 2.57 bits per heavy atom. The standard InChI is InChI=1S/C20H17ClN2O3S2/c1-26-17-11-14(6-9-16(17)23-20(25)18-3-2-10-27-18)22-19(24)12-28-15-7-4-13(21)5-8-15/h2-11H,12H2,1H3,(H,22,24)(H,23,25). The van der Waals surface area contributed by atoms with E-state index in [1.807, 2.05) is 23.6 Å². The van der Waals surface area contributed by atoms with E-state index in [0.29, 0.717) is 27.0 Å². The maximum absolute atomic E-state index is 12.2. The number of hydrogen-bond donors (Lipinski definition) is 2. The molecule has 0 radical (unpaired) electrons. The van der Waals surface area contributed by atoms with Crippen molar-refractivity contribution in [1.82, 2.24) is 0 Å². The minimum atomic E-state index is -0.204. The molecule has 1 heterocycles. The number of benzene rings is 2. The molecule has 1 aromatic heterocycles. The van der Waals surface area contributed by atoms with Gasteiger partial charge in [0.15, 0.2) is 0 Å². The van der Waals surface area contributed by atoms with E-state index < -0.39 is 0 Å². The number of ether oxygens (including phenoxy) is 1. The summed E-state index contributed by atoms with van der Waals surface area (Å²) in [5, 5.41) is 8.14. The van der Waals surface area contributed by atoms with Crippen molar-refractivity contribution in [3.63, 3.8) is 0 Å². The van der Waals surface area contributed by atoms with E-state index in [-0.39, 0.29) is 17.6 Å². The number of amides is 2. The third kappa shape index (κ3) is 5.51. The molecule has 0 bridgehead atoms. The summed E-state index contributed by atoms with van der Waals surface area (Å²) in [4.78, 5) is 26.0. The first-order chi connectivity index (χ1) is 13.5. The lowest BCUT2D eigenvalue weighted by atomic mass is 10.2. The fourth-order valence-electron chi connectivity index (χ4n) is 2.34. The van der Waals surface area contributed by atoms with E-state index in [0.717, 1.165) is 4.90 Å². The summed E-state index contributed by atoms with van der Waals surface area (Å²) in [5.74, 6) is 0.385. The number of methoxy groups -OCH3 is 1. The number of carbonyl (C=O) groups excluding carboxylic acids is 2. The van der Waals surface area contributed by atoms with Gasteiger partial charge >= 0.3 is 0 Å². The molecular formula is C20H17ClN2O3S2. The van der Waals surface area contributed by atoms with Crippen LogP contribution in [0.15, 0.2) is 64.9 Å². The number of carbonyl (C=O) groups is 2. The van der Waals surface area contributed by atoms with Gasteiger partial charge in [0.2, 0.25) is 5.91 Å². The van der Waals surface area contributed by atoms with E-state index >= 15 is 0 Å². The summed E-state index contributed by atoms with van der Waals surface area (Å²) in [7, 11) is 1.51. The zero-order valence-corrected chi connectivity index (χ0v) is 17.3. The first-order valence-electron chi connectivity index (χ1n) is 8.26. The lowest BCUT2D eigenvalue weighted by Gasteiger charge is -2.12. The predicted octanol–water partition coefficient (Wildman–Crippen LogP) is 5.39. The van der Waals surface area contributed by atoms with E-state index in [1.165, 1.54) is 30.2 Å². The van der Waals surface area contributed by atoms with Crippen LogP contribution in [0.5, 0.6) is 5.75 Å². The number of hydrogen-bond acceptors (Lipinski definition) is 5. The van der Waals surface area contributed by atoms with Crippen molar-refractivity contribution in [2.75, 3.05) is 23.5 Å². The van der Waals surface area contributed by atoms with Gasteiger partial charge < -0.3 is 15.4 Å². The maximum atomic E-state index is 12.2. The van der Waals surface area contributed by atoms with Gasteiger partial charge in [0, 0.05) is 21.7 Å². The van der Waals surface area contributed by atoms with Crippen LogP contribution in [0.25, 0.3) is 0 Å². The SMILES string of the molecule is COc1cc(NC(=O)CSc2ccc(Cl)cc2)ccc1NC(=O)c1cccs1. The molecule has 0 unspecified atom stereocenters. The molecule has 0 saturated carbocycles. The van der Waals surface area contributed by atoms with Gasteiger partial charge in [-0.25, -0.2) is 0 Å². The maximum Gasteiger partial charge on any atom is 0.265 e. The normalized spacial score (nSPS) is 10.4. The molecule has 0 atom stereocenters. The van der Waals surface area contributed by atoms with Gasteiger partial charge in [-0.3, -0.25) is 9.59 Å². The van der Waals surface area contributed by atoms with Crippen molar-refractivity contribution in [3.05, 3.63) is 69.9 Å². The van der Waals surface area contributed by atoms with Crippen molar-refractivity contribution in [2.45, 2.75) is 4.90 Å². The number of rotatable bonds is 7. The first-order valence-corrected chi connectivity index (χ1v) is 10.5. The minimum Gasteiger partial charge on any atom is -0.494 e. The van der Waals surface area contributed by atoms with Crippen molar-refractivity contribution in [1.29, 1.82) is 0 Å². The predicted molar refractivity (Wildman–Crippen MR) is 116 cm³/mol. The van der Waals surface area contributed by atoms with Gasteiger partial charge in [0.25, 0.3) is 5.91 Å². The van der Waals surface area contributed by atoms with Gasteiger partial charge in [0.05, 0.1) is 23.4 Å². The van der Waals surface area contributed by atoms with Crippen LogP contribution in [0.3, 0.4) is 0 Å². The average molecular weight is 433 g/mol. The van der Waals surface area contributed by atoms with E-state index in [4.69, 9.17) is 16.3 Å². The van der Waals surface area contributed by atoms with Gasteiger partial charge in [0.1, 0.15) is 5.75 Å². The molecule has 0 spiro atoms. The van der Waals surface area contributed by atoms with Crippen LogP contribution in [0.4, 0.5) is 11.4 Å². The molecule has 2 N–H and O–H groups in total. The monoisotopic (exact) mass is 432 g/mol. The molecule has 3 rings (SSSR count). The Balaban J connectivity index is 1.60.